The molecule has 0 aliphatic rings. The van der Waals surface area contributed by atoms with Crippen molar-refractivity contribution in [1.29, 1.82) is 0 Å². The van der Waals surface area contributed by atoms with Crippen LogP contribution in [0.4, 0.5) is 0 Å². The molecule has 1 heterocycles. The number of rotatable bonds is 10. The molecule has 0 bridgehead atoms. The van der Waals surface area contributed by atoms with Crippen molar-refractivity contribution in [3.8, 4) is 0 Å². The Bertz CT molecular complexity index is 846. The van der Waals surface area contributed by atoms with E-state index >= 15 is 0 Å². The van der Waals surface area contributed by atoms with Gasteiger partial charge in [0.15, 0.2) is 0 Å². The lowest BCUT2D eigenvalue weighted by Gasteiger charge is -2.17. The Hall–Kier alpha value is -2.10. The van der Waals surface area contributed by atoms with Gasteiger partial charge in [-0.2, -0.15) is 0 Å². The van der Waals surface area contributed by atoms with Crippen LogP contribution in [0, 0.1) is 6.92 Å². The van der Waals surface area contributed by atoms with Crippen LogP contribution in [0.25, 0.3) is 10.9 Å². The van der Waals surface area contributed by atoms with Crippen molar-refractivity contribution < 1.29 is 0 Å². The van der Waals surface area contributed by atoms with E-state index in [9.17, 15) is 0 Å². The number of nitrogens with zero attached hydrogens (tertiary/aromatic N) is 2. The second kappa shape index (κ2) is 9.72. The zero-order valence-corrected chi connectivity index (χ0v) is 17.0. The van der Waals surface area contributed by atoms with Gasteiger partial charge in [0.05, 0.1) is 0 Å². The van der Waals surface area contributed by atoms with E-state index in [0.717, 1.165) is 32.7 Å². The Kier molecular flexibility index (Phi) is 7.08. The summed E-state index contributed by atoms with van der Waals surface area (Å²) >= 11 is 0. The maximum Gasteiger partial charge on any atom is 0.0486 e. The van der Waals surface area contributed by atoms with Crippen LogP contribution in [0.1, 0.15) is 37.0 Å². The van der Waals surface area contributed by atoms with Crippen LogP contribution in [0.5, 0.6) is 0 Å². The third kappa shape index (κ3) is 5.00. The molecule has 27 heavy (non-hydrogen) atoms. The standard InChI is InChI=1S/C24H33N3/c1-4-26(5-2)16-10-15-25-17-22-19-27(24-14-9-8-13-23(22)24)18-21-12-7-6-11-20(21)3/h6-9,11-14,19,25H,4-5,10,15-18H2,1-3H3. The van der Waals surface area contributed by atoms with Crippen molar-refractivity contribution in [1.82, 2.24) is 14.8 Å². The molecule has 0 unspecified atom stereocenters. The van der Waals surface area contributed by atoms with Crippen LogP contribution < -0.4 is 5.32 Å². The van der Waals surface area contributed by atoms with Gasteiger partial charge in [0.1, 0.15) is 0 Å². The Morgan fingerprint density at radius 1 is 0.926 bits per heavy atom. The number of aryl methyl sites for hydroxylation is 1. The Morgan fingerprint density at radius 2 is 1.67 bits per heavy atom. The van der Waals surface area contributed by atoms with E-state index in [4.69, 9.17) is 0 Å². The number of aromatic nitrogens is 1. The zero-order valence-electron chi connectivity index (χ0n) is 17.0. The number of fused-ring (bicyclic) bond motifs is 1. The van der Waals surface area contributed by atoms with Gasteiger partial charge >= 0.3 is 0 Å². The molecule has 3 aromatic rings. The van der Waals surface area contributed by atoms with Crippen molar-refractivity contribution >= 4 is 10.9 Å². The topological polar surface area (TPSA) is 20.2 Å². The minimum atomic E-state index is 0.926. The largest absolute Gasteiger partial charge is 0.343 e. The monoisotopic (exact) mass is 363 g/mol. The third-order valence-corrected chi connectivity index (χ3v) is 5.51. The van der Waals surface area contributed by atoms with E-state index in [1.807, 2.05) is 0 Å². The molecule has 0 amide bonds. The summed E-state index contributed by atoms with van der Waals surface area (Å²) in [5.74, 6) is 0. The molecule has 0 aliphatic heterocycles. The average molecular weight is 364 g/mol. The smallest absolute Gasteiger partial charge is 0.0486 e. The number of benzene rings is 2. The van der Waals surface area contributed by atoms with Gasteiger partial charge < -0.3 is 14.8 Å². The summed E-state index contributed by atoms with van der Waals surface area (Å²) in [6, 6.07) is 17.4. The normalized spacial score (nSPS) is 11.6. The second-order valence-electron chi connectivity index (χ2n) is 7.28. The van der Waals surface area contributed by atoms with Crippen LogP contribution >= 0.6 is 0 Å². The van der Waals surface area contributed by atoms with Crippen LogP contribution in [-0.2, 0) is 13.1 Å². The van der Waals surface area contributed by atoms with Crippen LogP contribution in [0.3, 0.4) is 0 Å². The van der Waals surface area contributed by atoms with Gasteiger partial charge in [0.2, 0.25) is 0 Å². The molecule has 0 saturated carbocycles. The summed E-state index contributed by atoms with van der Waals surface area (Å²) in [6.07, 6.45) is 3.53. The van der Waals surface area contributed by atoms with Crippen molar-refractivity contribution in [2.75, 3.05) is 26.2 Å². The van der Waals surface area contributed by atoms with E-state index in [1.165, 1.54) is 40.6 Å². The number of hydrogen-bond donors (Lipinski definition) is 1. The van der Waals surface area contributed by atoms with E-state index < -0.39 is 0 Å². The second-order valence-corrected chi connectivity index (χ2v) is 7.28. The first-order valence-electron chi connectivity index (χ1n) is 10.3. The lowest BCUT2D eigenvalue weighted by molar-refractivity contribution is 0.298. The molecule has 0 aliphatic carbocycles. The minimum Gasteiger partial charge on any atom is -0.343 e. The quantitative estimate of drug-likeness (QED) is 0.521. The van der Waals surface area contributed by atoms with Crippen molar-refractivity contribution in [3.63, 3.8) is 0 Å². The number of nitrogens with one attached hydrogen (secondary N) is 1. The van der Waals surface area contributed by atoms with Gasteiger partial charge in [-0.15, -0.1) is 0 Å². The molecule has 1 aromatic heterocycles. The SMILES string of the molecule is CCN(CC)CCCNCc1cn(Cc2ccccc2C)c2ccccc12. The molecule has 0 radical (unpaired) electrons. The maximum atomic E-state index is 3.65. The first kappa shape index (κ1) is 19.7. The highest BCUT2D eigenvalue weighted by atomic mass is 15.1. The van der Waals surface area contributed by atoms with E-state index in [0.29, 0.717) is 0 Å². The zero-order chi connectivity index (χ0) is 19.1. The molecular formula is C24H33N3. The van der Waals surface area contributed by atoms with E-state index in [2.05, 4.69) is 90.3 Å². The summed E-state index contributed by atoms with van der Waals surface area (Å²) in [6.45, 7) is 13.0. The molecule has 0 fully saturated rings. The summed E-state index contributed by atoms with van der Waals surface area (Å²) in [4.78, 5) is 2.48. The van der Waals surface area contributed by atoms with Crippen LogP contribution in [-0.4, -0.2) is 35.6 Å². The van der Waals surface area contributed by atoms with Gasteiger partial charge in [-0.1, -0.05) is 56.3 Å². The number of para-hydroxylation sites is 1. The summed E-state index contributed by atoms with van der Waals surface area (Å²) in [5.41, 5.74) is 5.45. The van der Waals surface area contributed by atoms with E-state index in [1.54, 1.807) is 0 Å². The molecule has 1 N–H and O–H groups in total. The fourth-order valence-electron chi connectivity index (χ4n) is 3.76. The third-order valence-electron chi connectivity index (χ3n) is 5.51. The van der Waals surface area contributed by atoms with Crippen LogP contribution in [0.2, 0.25) is 0 Å². The highest BCUT2D eigenvalue weighted by Gasteiger charge is 2.09. The molecule has 3 nitrogen and oxygen atoms in total. The van der Waals surface area contributed by atoms with E-state index in [-0.39, 0.29) is 0 Å². The molecule has 0 atom stereocenters. The Balaban J connectivity index is 1.67. The molecule has 144 valence electrons. The predicted octanol–water partition coefficient (Wildman–Crippen LogP) is 4.82. The first-order valence-corrected chi connectivity index (χ1v) is 10.3. The Labute approximate surface area is 164 Å². The first-order chi connectivity index (χ1) is 13.2. The van der Waals surface area contributed by atoms with Crippen LogP contribution in [0.15, 0.2) is 54.7 Å². The summed E-state index contributed by atoms with van der Waals surface area (Å²) in [5, 5.41) is 5.01. The minimum absolute atomic E-state index is 0.926. The van der Waals surface area contributed by atoms with Crippen molar-refractivity contribution in [3.05, 3.63) is 71.4 Å². The predicted molar refractivity (Wildman–Crippen MR) is 116 cm³/mol. The molecule has 2 aromatic carbocycles. The fraction of sp³-hybridized carbons (Fsp3) is 0.417. The maximum absolute atomic E-state index is 3.65. The summed E-state index contributed by atoms with van der Waals surface area (Å²) < 4.78 is 2.39. The summed E-state index contributed by atoms with van der Waals surface area (Å²) in [7, 11) is 0. The van der Waals surface area contributed by atoms with Crippen molar-refractivity contribution in [2.24, 2.45) is 0 Å². The lowest BCUT2D eigenvalue weighted by atomic mass is 10.1. The fourth-order valence-corrected chi connectivity index (χ4v) is 3.76. The highest BCUT2D eigenvalue weighted by Crippen LogP contribution is 2.23. The highest BCUT2D eigenvalue weighted by molar-refractivity contribution is 5.84. The van der Waals surface area contributed by atoms with Gasteiger partial charge in [-0.25, -0.2) is 0 Å². The molecule has 0 saturated heterocycles. The van der Waals surface area contributed by atoms with Gasteiger partial charge in [0, 0.05) is 30.2 Å². The molecule has 0 spiro atoms. The molecule has 3 heteroatoms. The lowest BCUT2D eigenvalue weighted by Crippen LogP contribution is -2.27. The average Bonchev–Trinajstić information content (AvgIpc) is 3.04. The van der Waals surface area contributed by atoms with Gasteiger partial charge in [-0.05, 0) is 62.3 Å². The molecular weight excluding hydrogens is 330 g/mol. The Morgan fingerprint density at radius 3 is 2.44 bits per heavy atom. The van der Waals surface area contributed by atoms with Gasteiger partial charge in [-0.3, -0.25) is 0 Å². The van der Waals surface area contributed by atoms with Crippen molar-refractivity contribution in [2.45, 2.75) is 40.3 Å². The number of hydrogen-bond acceptors (Lipinski definition) is 2. The molecule has 3 rings (SSSR count). The van der Waals surface area contributed by atoms with Gasteiger partial charge in [0.25, 0.3) is 0 Å².